The van der Waals surface area contributed by atoms with Crippen molar-refractivity contribution in [2.45, 2.75) is 88.9 Å². The molecule has 25 heavy (non-hydrogen) atoms. The summed E-state index contributed by atoms with van der Waals surface area (Å²) >= 11 is 0. The Morgan fingerprint density at radius 3 is 1.32 bits per heavy atom. The molecule has 0 atom stereocenters. The van der Waals surface area contributed by atoms with Gasteiger partial charge in [-0.3, -0.25) is 0 Å². The molecule has 0 saturated heterocycles. The summed E-state index contributed by atoms with van der Waals surface area (Å²) in [5, 5.41) is 1.62. The number of allylic oxidation sites excluding steroid dienone is 3. The minimum absolute atomic E-state index is 0. The van der Waals surface area contributed by atoms with Crippen LogP contribution in [0, 0.1) is 5.92 Å². The Hall–Kier alpha value is 0.660. The van der Waals surface area contributed by atoms with E-state index in [1.807, 2.05) is 0 Å². The van der Waals surface area contributed by atoms with Crippen molar-refractivity contribution in [2.24, 2.45) is 0 Å². The summed E-state index contributed by atoms with van der Waals surface area (Å²) < 4.78 is 0. The smallest absolute Gasteiger partial charge is 0.0493 e. The largest absolute Gasteiger partial charge is 0.124 e. The van der Waals surface area contributed by atoms with Gasteiger partial charge in [0, 0.05) is 58.4 Å². The average molecular weight is 425 g/mol. The molecule has 0 spiro atoms. The molecule has 0 amide bonds. The summed E-state index contributed by atoms with van der Waals surface area (Å²) in [6.07, 6.45) is 7.24. The van der Waals surface area contributed by atoms with E-state index in [0.717, 1.165) is 10.3 Å². The summed E-state index contributed by atoms with van der Waals surface area (Å²) in [5.74, 6) is 1.60. The van der Waals surface area contributed by atoms with Gasteiger partial charge in [0.1, 0.15) is 0 Å². The standard InChI is InChI=1S/C20H41Si4.Al.2H2/c1-21(2,3)19(22(4,5)6)17-14-13-15-18(16-17)20(23(7,8)9)24(10,11)12;;;/h14-16,19-20H,1-12H3;;2*1H. The van der Waals surface area contributed by atoms with E-state index in [0.29, 0.717) is 0 Å². The van der Waals surface area contributed by atoms with Crippen LogP contribution in [0.4, 0.5) is 0 Å². The summed E-state index contributed by atoms with van der Waals surface area (Å²) in [4.78, 5) is 0. The van der Waals surface area contributed by atoms with Gasteiger partial charge in [0.05, 0.1) is 0 Å². The number of hydrogen-bond acceptors (Lipinski definition) is 0. The van der Waals surface area contributed by atoms with E-state index in [9.17, 15) is 0 Å². The van der Waals surface area contributed by atoms with Crippen LogP contribution in [-0.2, 0) is 0 Å². The van der Waals surface area contributed by atoms with Crippen LogP contribution in [0.2, 0.25) is 88.9 Å². The van der Waals surface area contributed by atoms with Crippen molar-refractivity contribution >= 4 is 49.7 Å². The predicted octanol–water partition coefficient (Wildman–Crippen LogP) is 7.49. The van der Waals surface area contributed by atoms with Gasteiger partial charge >= 0.3 is 0 Å². The van der Waals surface area contributed by atoms with E-state index in [1.54, 1.807) is 11.5 Å². The molecule has 1 aliphatic carbocycles. The fourth-order valence-corrected chi connectivity index (χ4v) is 30.9. The van der Waals surface area contributed by atoms with Gasteiger partial charge in [0.2, 0.25) is 0 Å². The van der Waals surface area contributed by atoms with Crippen LogP contribution in [0.3, 0.4) is 0 Å². The van der Waals surface area contributed by atoms with E-state index in [1.165, 1.54) is 0 Å². The second kappa shape index (κ2) is 8.35. The predicted molar refractivity (Wildman–Crippen MR) is 135 cm³/mol. The van der Waals surface area contributed by atoms with Gasteiger partial charge in [0.15, 0.2) is 0 Å². The molecule has 0 saturated carbocycles. The van der Waals surface area contributed by atoms with Gasteiger partial charge in [-0.05, 0) is 28.1 Å². The fraction of sp³-hybridized carbons (Fsp3) is 0.700. The second-order valence-corrected chi connectivity index (χ2v) is 34.3. The molecule has 0 aliphatic heterocycles. The lowest BCUT2D eigenvalue weighted by molar-refractivity contribution is 1.09. The first kappa shape index (κ1) is 25.7. The first-order chi connectivity index (χ1) is 10.5. The molecule has 0 aromatic rings. The Bertz CT molecular complexity index is 526. The maximum Gasteiger partial charge on any atom is 0.0493 e. The normalized spacial score (nSPS) is 17.1. The Labute approximate surface area is 176 Å². The van der Waals surface area contributed by atoms with Crippen LogP contribution in [0.5, 0.6) is 0 Å². The molecule has 0 nitrogen and oxygen atoms in total. The number of rotatable bonds is 6. The molecule has 0 fully saturated rings. The average Bonchev–Trinajstić information content (AvgIpc) is 2.20. The molecule has 0 N–H and O–H groups in total. The SMILES string of the molecule is C[Si](C)(C)C([C]1C=C=CC(C([Si](C)(C)C)[Si](C)(C)C)=C1)[Si](C)(C)C.[Al].[HH].[HH]. The first-order valence-electron chi connectivity index (χ1n) is 9.46. The molecule has 0 bridgehead atoms. The van der Waals surface area contributed by atoms with Crippen molar-refractivity contribution in [1.29, 1.82) is 0 Å². The van der Waals surface area contributed by atoms with Crippen LogP contribution in [0.15, 0.2) is 29.5 Å². The molecule has 0 heterocycles. The van der Waals surface area contributed by atoms with Crippen molar-refractivity contribution < 1.29 is 2.85 Å². The van der Waals surface area contributed by atoms with Gasteiger partial charge in [-0.25, -0.2) is 0 Å². The van der Waals surface area contributed by atoms with Crippen LogP contribution in [0.25, 0.3) is 0 Å². The summed E-state index contributed by atoms with van der Waals surface area (Å²) in [6.45, 7) is 30.6. The van der Waals surface area contributed by atoms with Gasteiger partial charge in [-0.1, -0.05) is 84.6 Å². The van der Waals surface area contributed by atoms with E-state index < -0.39 is 32.3 Å². The van der Waals surface area contributed by atoms with Gasteiger partial charge in [0.25, 0.3) is 0 Å². The monoisotopic (exact) mass is 424 g/mol. The topological polar surface area (TPSA) is 0 Å². The van der Waals surface area contributed by atoms with E-state index >= 15 is 0 Å². The Kier molecular flexibility index (Phi) is 8.57. The van der Waals surface area contributed by atoms with Crippen LogP contribution < -0.4 is 0 Å². The van der Waals surface area contributed by atoms with E-state index in [4.69, 9.17) is 0 Å². The van der Waals surface area contributed by atoms with E-state index in [2.05, 4.69) is 103 Å². The minimum atomic E-state index is -1.25. The number of hydrogen-bond donors (Lipinski definition) is 0. The lowest BCUT2D eigenvalue weighted by Gasteiger charge is -2.44. The molecular formula is C20H45AlSi4. The highest BCUT2D eigenvalue weighted by molar-refractivity contribution is 6.98. The highest BCUT2D eigenvalue weighted by Gasteiger charge is 2.44. The third kappa shape index (κ3) is 6.96. The quantitative estimate of drug-likeness (QED) is 0.306. The molecule has 5 heteroatoms. The molecular weight excluding hydrogens is 380 g/mol. The zero-order valence-corrected chi connectivity index (χ0v) is 24.1. The molecule has 0 aromatic heterocycles. The third-order valence-corrected chi connectivity index (χ3v) is 23.6. The lowest BCUT2D eigenvalue weighted by Crippen LogP contribution is -2.47. The first-order valence-corrected chi connectivity index (χ1v) is 23.8. The lowest BCUT2D eigenvalue weighted by atomic mass is 10.0. The molecule has 4 radical (unpaired) electrons. The van der Waals surface area contributed by atoms with Crippen molar-refractivity contribution in [3.8, 4) is 0 Å². The third-order valence-electron chi connectivity index (χ3n) is 4.96. The fourth-order valence-electron chi connectivity index (χ4n) is 5.44. The summed E-state index contributed by atoms with van der Waals surface area (Å²) in [5.41, 5.74) is 5.17. The summed E-state index contributed by atoms with van der Waals surface area (Å²) in [6, 6.07) is 0. The maximum absolute atomic E-state index is 3.57. The molecule has 144 valence electrons. The van der Waals surface area contributed by atoms with Crippen molar-refractivity contribution in [2.75, 3.05) is 0 Å². The Balaban J connectivity index is -0.00000192. The minimum Gasteiger partial charge on any atom is -0.124 e. The van der Waals surface area contributed by atoms with Gasteiger partial charge in [-0.2, -0.15) is 0 Å². The van der Waals surface area contributed by atoms with Crippen LogP contribution in [0.1, 0.15) is 2.85 Å². The summed E-state index contributed by atoms with van der Waals surface area (Å²) in [7, 11) is -4.99. The Morgan fingerprint density at radius 2 is 1.00 bits per heavy atom. The molecule has 1 rings (SSSR count). The zero-order chi connectivity index (χ0) is 19.1. The molecule has 0 unspecified atom stereocenters. The van der Waals surface area contributed by atoms with E-state index in [-0.39, 0.29) is 20.2 Å². The highest BCUT2D eigenvalue weighted by Crippen LogP contribution is 2.46. The second-order valence-electron chi connectivity index (χ2n) is 11.9. The zero-order valence-electron chi connectivity index (χ0n) is 19.0. The highest BCUT2D eigenvalue weighted by atomic mass is 28.4. The molecule has 0 aromatic carbocycles. The van der Waals surface area contributed by atoms with Crippen LogP contribution in [-0.4, -0.2) is 49.7 Å². The molecule has 1 aliphatic rings. The van der Waals surface area contributed by atoms with Gasteiger partial charge < -0.3 is 0 Å². The Morgan fingerprint density at radius 1 is 0.640 bits per heavy atom. The van der Waals surface area contributed by atoms with Crippen molar-refractivity contribution in [3.05, 3.63) is 35.5 Å². The maximum atomic E-state index is 3.57. The van der Waals surface area contributed by atoms with Crippen molar-refractivity contribution in [3.63, 3.8) is 0 Å². The van der Waals surface area contributed by atoms with Gasteiger partial charge in [-0.15, -0.1) is 5.73 Å². The van der Waals surface area contributed by atoms with Crippen molar-refractivity contribution in [1.82, 2.24) is 0 Å². The van der Waals surface area contributed by atoms with Crippen LogP contribution >= 0.6 is 0 Å².